The van der Waals surface area contributed by atoms with E-state index in [4.69, 9.17) is 5.73 Å². The fraction of sp³-hybridized carbons (Fsp3) is 0.700. The summed E-state index contributed by atoms with van der Waals surface area (Å²) >= 11 is 0. The van der Waals surface area contributed by atoms with Crippen LogP contribution >= 0.6 is 0 Å². The second-order valence-corrected chi connectivity index (χ2v) is 7.61. The molecule has 2 N–H and O–H groups in total. The lowest BCUT2D eigenvalue weighted by Gasteiger charge is -2.40. The minimum Gasteiger partial charge on any atom is -0.321 e. The van der Waals surface area contributed by atoms with Crippen molar-refractivity contribution in [3.63, 3.8) is 0 Å². The minimum absolute atomic E-state index is 0.152. The van der Waals surface area contributed by atoms with Gasteiger partial charge in [-0.3, -0.25) is 0 Å². The number of aryl methyl sites for hydroxylation is 2. The molecule has 0 heterocycles. The van der Waals surface area contributed by atoms with Crippen molar-refractivity contribution in [1.82, 2.24) is 0 Å². The molecule has 2 aliphatic carbocycles. The molecule has 1 heteroatoms. The van der Waals surface area contributed by atoms with Gasteiger partial charge in [0, 0.05) is 5.54 Å². The predicted octanol–water partition coefficient (Wildman–Crippen LogP) is 4.96. The Morgan fingerprint density at radius 1 is 1.10 bits per heavy atom. The minimum atomic E-state index is -0.152. The van der Waals surface area contributed by atoms with Crippen LogP contribution in [0.25, 0.3) is 0 Å². The molecule has 116 valence electrons. The van der Waals surface area contributed by atoms with Gasteiger partial charge in [0.2, 0.25) is 0 Å². The Labute approximate surface area is 130 Å². The molecule has 0 saturated heterocycles. The van der Waals surface area contributed by atoms with Crippen molar-refractivity contribution in [2.75, 3.05) is 0 Å². The highest BCUT2D eigenvalue weighted by Crippen LogP contribution is 2.41. The molecule has 1 nitrogen and oxygen atoms in total. The first-order valence-corrected chi connectivity index (χ1v) is 9.02. The Morgan fingerprint density at radius 2 is 1.86 bits per heavy atom. The molecule has 3 rings (SSSR count). The monoisotopic (exact) mass is 285 g/mol. The lowest BCUT2D eigenvalue weighted by Crippen LogP contribution is -2.43. The van der Waals surface area contributed by atoms with Gasteiger partial charge in [0.25, 0.3) is 0 Å². The highest BCUT2D eigenvalue weighted by Gasteiger charge is 2.35. The van der Waals surface area contributed by atoms with Gasteiger partial charge in [-0.15, -0.1) is 0 Å². The molecular weight excluding hydrogens is 254 g/mol. The maximum absolute atomic E-state index is 6.86. The summed E-state index contributed by atoms with van der Waals surface area (Å²) < 4.78 is 0. The van der Waals surface area contributed by atoms with Crippen LogP contribution in [0.3, 0.4) is 0 Å². The van der Waals surface area contributed by atoms with Gasteiger partial charge in [0.15, 0.2) is 0 Å². The Balaban J connectivity index is 1.83. The summed E-state index contributed by atoms with van der Waals surface area (Å²) in [6.07, 6.45) is 11.9. The van der Waals surface area contributed by atoms with Crippen LogP contribution in [-0.4, -0.2) is 0 Å². The van der Waals surface area contributed by atoms with Gasteiger partial charge in [0.05, 0.1) is 0 Å². The highest BCUT2D eigenvalue weighted by atomic mass is 14.7. The summed E-state index contributed by atoms with van der Waals surface area (Å²) in [6, 6.07) is 7.11. The van der Waals surface area contributed by atoms with Crippen molar-refractivity contribution in [2.45, 2.75) is 77.2 Å². The third-order valence-electron chi connectivity index (χ3n) is 6.18. The molecule has 0 radical (unpaired) electrons. The molecule has 0 aliphatic heterocycles. The second-order valence-electron chi connectivity index (χ2n) is 7.61. The topological polar surface area (TPSA) is 26.0 Å². The van der Waals surface area contributed by atoms with Crippen LogP contribution in [0.15, 0.2) is 18.2 Å². The molecule has 3 atom stereocenters. The fourth-order valence-corrected chi connectivity index (χ4v) is 4.51. The van der Waals surface area contributed by atoms with E-state index >= 15 is 0 Å². The van der Waals surface area contributed by atoms with Gasteiger partial charge < -0.3 is 5.73 Å². The third kappa shape index (κ3) is 3.04. The first kappa shape index (κ1) is 15.1. The van der Waals surface area contributed by atoms with Gasteiger partial charge in [-0.25, -0.2) is 0 Å². The first-order valence-electron chi connectivity index (χ1n) is 9.02. The van der Waals surface area contributed by atoms with Gasteiger partial charge >= 0.3 is 0 Å². The van der Waals surface area contributed by atoms with E-state index in [9.17, 15) is 0 Å². The van der Waals surface area contributed by atoms with E-state index in [1.165, 1.54) is 63.4 Å². The van der Waals surface area contributed by atoms with Gasteiger partial charge in [-0.2, -0.15) is 0 Å². The van der Waals surface area contributed by atoms with Gasteiger partial charge in [-0.1, -0.05) is 44.4 Å². The van der Waals surface area contributed by atoms with E-state index in [0.29, 0.717) is 5.92 Å². The molecule has 0 spiro atoms. The number of benzene rings is 1. The van der Waals surface area contributed by atoms with Crippen LogP contribution in [0.1, 0.15) is 75.5 Å². The third-order valence-corrected chi connectivity index (χ3v) is 6.18. The molecule has 0 amide bonds. The molecule has 1 fully saturated rings. The molecule has 0 aromatic heterocycles. The van der Waals surface area contributed by atoms with E-state index in [-0.39, 0.29) is 5.54 Å². The van der Waals surface area contributed by atoms with Crippen molar-refractivity contribution in [3.05, 3.63) is 34.9 Å². The lowest BCUT2D eigenvalue weighted by molar-refractivity contribution is 0.173. The number of hydrogen-bond acceptors (Lipinski definition) is 1. The molecule has 1 saturated carbocycles. The number of hydrogen-bond donors (Lipinski definition) is 1. The molecular formula is C20H31N. The zero-order valence-corrected chi connectivity index (χ0v) is 13.8. The average molecular weight is 285 g/mol. The Bertz CT molecular complexity index is 489. The summed E-state index contributed by atoms with van der Waals surface area (Å²) in [5.74, 6) is 1.54. The van der Waals surface area contributed by atoms with Crippen LogP contribution in [0, 0.1) is 11.8 Å². The molecule has 1 aromatic carbocycles. The van der Waals surface area contributed by atoms with E-state index in [1.807, 2.05) is 0 Å². The molecule has 3 unspecified atom stereocenters. The summed E-state index contributed by atoms with van der Waals surface area (Å²) in [5.41, 5.74) is 11.2. The average Bonchev–Trinajstić information content (AvgIpc) is 2.54. The number of fused-ring (bicyclic) bond motifs is 1. The molecule has 1 aromatic rings. The quantitative estimate of drug-likeness (QED) is 0.835. The van der Waals surface area contributed by atoms with Crippen molar-refractivity contribution in [1.29, 1.82) is 0 Å². The summed E-state index contributed by atoms with van der Waals surface area (Å²) in [7, 11) is 0. The van der Waals surface area contributed by atoms with Crippen LogP contribution in [0.5, 0.6) is 0 Å². The van der Waals surface area contributed by atoms with Crippen LogP contribution < -0.4 is 5.73 Å². The smallest absolute Gasteiger partial charge is 0.0409 e. The van der Waals surface area contributed by atoms with E-state index in [2.05, 4.69) is 32.0 Å². The summed E-state index contributed by atoms with van der Waals surface area (Å²) in [4.78, 5) is 0. The first-order chi connectivity index (χ1) is 10.1. The summed E-state index contributed by atoms with van der Waals surface area (Å²) in [6.45, 7) is 4.61. The molecule has 0 bridgehead atoms. The maximum atomic E-state index is 6.86. The Hall–Kier alpha value is -0.820. The summed E-state index contributed by atoms with van der Waals surface area (Å²) in [5, 5.41) is 0. The lowest BCUT2D eigenvalue weighted by atomic mass is 9.68. The normalized spacial score (nSPS) is 28.7. The Morgan fingerprint density at radius 3 is 2.62 bits per heavy atom. The number of rotatable bonds is 3. The van der Waals surface area contributed by atoms with Gasteiger partial charge in [-0.05, 0) is 74.0 Å². The highest BCUT2D eigenvalue weighted by molar-refractivity contribution is 5.37. The van der Waals surface area contributed by atoms with Crippen molar-refractivity contribution in [3.8, 4) is 0 Å². The van der Waals surface area contributed by atoms with Gasteiger partial charge in [0.1, 0.15) is 0 Å². The Kier molecular flexibility index (Phi) is 4.40. The van der Waals surface area contributed by atoms with Crippen molar-refractivity contribution in [2.24, 2.45) is 17.6 Å². The zero-order chi connectivity index (χ0) is 14.9. The zero-order valence-electron chi connectivity index (χ0n) is 13.8. The SMILES string of the molecule is CCC1CCCC(C(C)(N)c2ccc3c(c2)CCCC3)C1. The van der Waals surface area contributed by atoms with Crippen LogP contribution in [-0.2, 0) is 18.4 Å². The number of nitrogens with two attached hydrogens (primary N) is 1. The standard InChI is InChI=1S/C20H31N/c1-3-15-7-6-10-18(13-15)20(2,21)19-12-11-16-8-4-5-9-17(16)14-19/h11-12,14-15,18H,3-10,13,21H2,1-2H3. The predicted molar refractivity (Wildman–Crippen MR) is 90.4 cm³/mol. The van der Waals surface area contributed by atoms with E-state index in [1.54, 1.807) is 11.1 Å². The van der Waals surface area contributed by atoms with Crippen molar-refractivity contribution < 1.29 is 0 Å². The van der Waals surface area contributed by atoms with Crippen LogP contribution in [0.2, 0.25) is 0 Å². The van der Waals surface area contributed by atoms with Crippen molar-refractivity contribution >= 4 is 0 Å². The van der Waals surface area contributed by atoms with Crippen LogP contribution in [0.4, 0.5) is 0 Å². The maximum Gasteiger partial charge on any atom is 0.0409 e. The molecule has 2 aliphatic rings. The second kappa shape index (κ2) is 6.12. The molecule has 21 heavy (non-hydrogen) atoms. The largest absolute Gasteiger partial charge is 0.321 e. The van der Waals surface area contributed by atoms with E-state index in [0.717, 1.165) is 5.92 Å². The fourth-order valence-electron chi connectivity index (χ4n) is 4.51. The van der Waals surface area contributed by atoms with E-state index < -0.39 is 0 Å².